The van der Waals surface area contributed by atoms with E-state index >= 15 is 8.78 Å². The first-order chi connectivity index (χ1) is 18.2. The molecule has 2 atom stereocenters. The molecule has 1 aliphatic heterocycles. The summed E-state index contributed by atoms with van der Waals surface area (Å²) in [6, 6.07) is 12.0. The highest BCUT2D eigenvalue weighted by Crippen LogP contribution is 2.39. The molecule has 2 heterocycles. The van der Waals surface area contributed by atoms with Crippen LogP contribution in [0.5, 0.6) is 5.75 Å². The molecule has 1 aliphatic carbocycles. The second-order valence-corrected chi connectivity index (χ2v) is 11.3. The Labute approximate surface area is 228 Å². The van der Waals surface area contributed by atoms with E-state index in [-0.39, 0.29) is 12.6 Å². The normalized spacial score (nSPS) is 17.8. The van der Waals surface area contributed by atoms with Crippen molar-refractivity contribution in [1.82, 2.24) is 10.2 Å². The van der Waals surface area contributed by atoms with E-state index in [4.69, 9.17) is 16.3 Å². The molecule has 0 unspecified atom stereocenters. The first-order valence-corrected chi connectivity index (χ1v) is 13.8. The zero-order chi connectivity index (χ0) is 26.9. The lowest BCUT2D eigenvalue weighted by atomic mass is 10.0. The molecule has 2 aromatic carbocycles. The highest BCUT2D eigenvalue weighted by atomic mass is 35.5. The minimum Gasteiger partial charge on any atom is -0.489 e. The SMILES string of the molecule is O=C(N[C@H](CN1CCCC1)[C@H](O)c1ccc(OC2CC2)c(Cl)c1)C(F)(F)c1ccc(-c2ccc(F)cc2)s1. The predicted molar refractivity (Wildman–Crippen MR) is 141 cm³/mol. The fourth-order valence-electron chi connectivity index (χ4n) is 4.51. The van der Waals surface area contributed by atoms with Crippen molar-refractivity contribution in [1.29, 1.82) is 0 Å². The second-order valence-electron chi connectivity index (χ2n) is 9.78. The number of amides is 1. The molecule has 1 aromatic heterocycles. The summed E-state index contributed by atoms with van der Waals surface area (Å²) in [6.07, 6.45) is 2.75. The number of halogens is 4. The molecule has 5 nitrogen and oxygen atoms in total. The molecule has 1 amide bonds. The van der Waals surface area contributed by atoms with Crippen LogP contribution in [0.4, 0.5) is 13.2 Å². The summed E-state index contributed by atoms with van der Waals surface area (Å²) in [4.78, 5) is 15.0. The van der Waals surface area contributed by atoms with Crippen LogP contribution in [0.25, 0.3) is 10.4 Å². The zero-order valence-corrected chi connectivity index (χ0v) is 22.1. The van der Waals surface area contributed by atoms with E-state index < -0.39 is 34.7 Å². The summed E-state index contributed by atoms with van der Waals surface area (Å²) in [5.41, 5.74) is 0.980. The van der Waals surface area contributed by atoms with Gasteiger partial charge in [0.05, 0.1) is 22.0 Å². The highest BCUT2D eigenvalue weighted by molar-refractivity contribution is 7.15. The van der Waals surface area contributed by atoms with Crippen LogP contribution < -0.4 is 10.1 Å². The van der Waals surface area contributed by atoms with Gasteiger partial charge in [0, 0.05) is 11.4 Å². The van der Waals surface area contributed by atoms with Gasteiger partial charge in [0.25, 0.3) is 5.91 Å². The van der Waals surface area contributed by atoms with Gasteiger partial charge in [0.15, 0.2) is 0 Å². The van der Waals surface area contributed by atoms with Crippen LogP contribution in [-0.4, -0.2) is 47.7 Å². The molecule has 2 fully saturated rings. The Hall–Kier alpha value is -2.59. The van der Waals surface area contributed by atoms with Crippen molar-refractivity contribution < 1.29 is 27.8 Å². The summed E-state index contributed by atoms with van der Waals surface area (Å²) in [5.74, 6) is -5.24. The number of aliphatic hydroxyl groups is 1. The van der Waals surface area contributed by atoms with E-state index in [9.17, 15) is 14.3 Å². The molecular weight excluding hydrogens is 537 g/mol. The Morgan fingerprint density at radius 1 is 1.13 bits per heavy atom. The van der Waals surface area contributed by atoms with E-state index in [0.717, 1.165) is 50.1 Å². The van der Waals surface area contributed by atoms with E-state index in [1.165, 1.54) is 36.4 Å². The topological polar surface area (TPSA) is 61.8 Å². The monoisotopic (exact) mass is 564 g/mol. The number of carbonyl (C=O) groups excluding carboxylic acids is 1. The van der Waals surface area contributed by atoms with Crippen LogP contribution in [0.15, 0.2) is 54.6 Å². The average molecular weight is 565 g/mol. The van der Waals surface area contributed by atoms with Gasteiger partial charge in [-0.05, 0) is 86.3 Å². The smallest absolute Gasteiger partial charge is 0.358 e. The third kappa shape index (κ3) is 6.17. The Morgan fingerprint density at radius 3 is 2.50 bits per heavy atom. The molecule has 0 radical (unpaired) electrons. The molecule has 10 heteroatoms. The van der Waals surface area contributed by atoms with Crippen LogP contribution in [-0.2, 0) is 10.7 Å². The van der Waals surface area contributed by atoms with Crippen LogP contribution in [0.3, 0.4) is 0 Å². The predicted octanol–water partition coefficient (Wildman–Crippen LogP) is 6.15. The van der Waals surface area contributed by atoms with Gasteiger partial charge in [-0.2, -0.15) is 8.78 Å². The van der Waals surface area contributed by atoms with Gasteiger partial charge >= 0.3 is 5.92 Å². The van der Waals surface area contributed by atoms with Gasteiger partial charge < -0.3 is 20.1 Å². The summed E-state index contributed by atoms with van der Waals surface area (Å²) >= 11 is 7.13. The van der Waals surface area contributed by atoms with Gasteiger partial charge in [0.2, 0.25) is 0 Å². The van der Waals surface area contributed by atoms with Crippen molar-refractivity contribution in [2.24, 2.45) is 0 Å². The van der Waals surface area contributed by atoms with E-state index in [2.05, 4.69) is 5.32 Å². The number of alkyl halides is 2. The fourth-order valence-corrected chi connectivity index (χ4v) is 5.73. The van der Waals surface area contributed by atoms with Crippen molar-refractivity contribution >= 4 is 28.8 Å². The molecule has 3 aromatic rings. The number of hydrogen-bond donors (Lipinski definition) is 2. The van der Waals surface area contributed by atoms with Crippen molar-refractivity contribution in [2.45, 2.75) is 49.9 Å². The third-order valence-electron chi connectivity index (χ3n) is 6.80. The van der Waals surface area contributed by atoms with Gasteiger partial charge in [-0.15, -0.1) is 11.3 Å². The van der Waals surface area contributed by atoms with Crippen molar-refractivity contribution in [3.8, 4) is 16.2 Å². The average Bonchev–Trinajstić information content (AvgIpc) is 3.33. The summed E-state index contributed by atoms with van der Waals surface area (Å²) in [5, 5.41) is 13.9. The first kappa shape index (κ1) is 27.0. The number of nitrogens with one attached hydrogen (secondary N) is 1. The minimum absolute atomic E-state index is 0.147. The Bertz CT molecular complexity index is 1280. The number of carbonyl (C=O) groups is 1. The number of benzene rings is 2. The van der Waals surface area contributed by atoms with Crippen LogP contribution in [0, 0.1) is 5.82 Å². The standard InChI is InChI=1S/C28H28ClF3N2O3S/c29-21-15-18(5-10-23(21)37-20-8-9-20)26(35)22(16-34-13-1-2-14-34)33-27(36)28(31,32)25-12-11-24(38-25)17-3-6-19(30)7-4-17/h3-7,10-12,15,20,22,26,35H,1-2,8-9,13-14,16H2,(H,33,36)/t22-,26-/m1/s1. The van der Waals surface area contributed by atoms with Crippen LogP contribution >= 0.6 is 22.9 Å². The van der Waals surface area contributed by atoms with Crippen molar-refractivity contribution in [2.75, 3.05) is 19.6 Å². The second kappa shape index (κ2) is 11.3. The van der Waals surface area contributed by atoms with Crippen molar-refractivity contribution in [3.05, 3.63) is 75.9 Å². The number of nitrogens with zero attached hydrogens (tertiary/aromatic N) is 1. The van der Waals surface area contributed by atoms with E-state index in [1.807, 2.05) is 4.90 Å². The number of ether oxygens (including phenoxy) is 1. The molecule has 38 heavy (non-hydrogen) atoms. The Kier molecular flexibility index (Phi) is 8.00. The summed E-state index contributed by atoms with van der Waals surface area (Å²) in [6.45, 7) is 1.74. The summed E-state index contributed by atoms with van der Waals surface area (Å²) < 4.78 is 49.7. The fraction of sp³-hybridized carbons (Fsp3) is 0.393. The molecule has 1 saturated carbocycles. The van der Waals surface area contributed by atoms with E-state index in [0.29, 0.717) is 26.8 Å². The molecule has 5 rings (SSSR count). The lowest BCUT2D eigenvalue weighted by Crippen LogP contribution is -2.50. The molecule has 0 spiro atoms. The maximum atomic E-state index is 15.3. The van der Waals surface area contributed by atoms with Gasteiger partial charge in [0.1, 0.15) is 17.7 Å². The number of likely N-dealkylation sites (tertiary alicyclic amines) is 1. The number of aliphatic hydroxyl groups excluding tert-OH is 1. The maximum absolute atomic E-state index is 15.3. The molecule has 0 bridgehead atoms. The van der Waals surface area contributed by atoms with Gasteiger partial charge in [-0.1, -0.05) is 29.8 Å². The van der Waals surface area contributed by atoms with Gasteiger partial charge in [-0.25, -0.2) is 4.39 Å². The summed E-state index contributed by atoms with van der Waals surface area (Å²) in [7, 11) is 0. The van der Waals surface area contributed by atoms with Crippen molar-refractivity contribution in [3.63, 3.8) is 0 Å². The molecule has 1 saturated heterocycles. The number of thiophene rings is 1. The quantitative estimate of drug-likeness (QED) is 0.310. The van der Waals surface area contributed by atoms with Crippen LogP contribution in [0.2, 0.25) is 5.02 Å². The lowest BCUT2D eigenvalue weighted by molar-refractivity contribution is -0.148. The Balaban J connectivity index is 1.34. The van der Waals surface area contributed by atoms with Crippen LogP contribution in [0.1, 0.15) is 42.2 Å². The highest BCUT2D eigenvalue weighted by Gasteiger charge is 2.44. The minimum atomic E-state index is -3.83. The molecule has 2 N–H and O–H groups in total. The lowest BCUT2D eigenvalue weighted by Gasteiger charge is -2.30. The Morgan fingerprint density at radius 2 is 1.84 bits per heavy atom. The molecular formula is C28H28ClF3N2O3S. The maximum Gasteiger partial charge on any atom is 0.358 e. The van der Waals surface area contributed by atoms with Gasteiger partial charge in [-0.3, -0.25) is 4.79 Å². The third-order valence-corrected chi connectivity index (χ3v) is 8.30. The largest absolute Gasteiger partial charge is 0.489 e. The number of hydrogen-bond acceptors (Lipinski definition) is 5. The first-order valence-electron chi connectivity index (χ1n) is 12.6. The molecule has 202 valence electrons. The number of rotatable bonds is 10. The molecule has 2 aliphatic rings. The zero-order valence-electron chi connectivity index (χ0n) is 20.5. The van der Waals surface area contributed by atoms with E-state index in [1.54, 1.807) is 18.2 Å².